The molecule has 459 valence electrons. The van der Waals surface area contributed by atoms with Crippen molar-refractivity contribution >= 4 is 60.4 Å². The zero-order valence-electron chi connectivity index (χ0n) is 51.0. The maximum absolute atomic E-state index is 10.0. The fourth-order valence-electron chi connectivity index (χ4n) is 10.5. The molecule has 2 aliphatic carbocycles. The molecular weight excluding hydrogens is 1660 g/mol. The molecule has 2 aliphatic rings. The Labute approximate surface area is 566 Å². The van der Waals surface area contributed by atoms with E-state index in [1.54, 1.807) is 11.3 Å². The molecule has 4 heterocycles. The van der Waals surface area contributed by atoms with Gasteiger partial charge in [-0.25, -0.2) is 11.3 Å². The number of allylic oxidation sites excluding steroid dienone is 6. The third kappa shape index (κ3) is 18.1. The van der Waals surface area contributed by atoms with Gasteiger partial charge in [-0.1, -0.05) is 177 Å². The number of carbonyl (C=O) groups excluding carboxylic acids is 3. The van der Waals surface area contributed by atoms with Crippen molar-refractivity contribution in [2.75, 3.05) is 0 Å². The monoisotopic (exact) mass is 1730 g/mol. The normalized spacial score (nSPS) is 12.5. The Morgan fingerprint density at radius 3 is 1.47 bits per heavy atom. The van der Waals surface area contributed by atoms with Crippen LogP contribution in [0.3, 0.4) is 0 Å². The quantitative estimate of drug-likeness (QED) is 0.0840. The van der Waals surface area contributed by atoms with Crippen LogP contribution in [0, 0.1) is 18.2 Å². The van der Waals surface area contributed by atoms with Crippen LogP contribution in [0.5, 0.6) is 0 Å². The van der Waals surface area contributed by atoms with Gasteiger partial charge in [-0.15, -0.1) is 82.2 Å². The third-order valence-corrected chi connectivity index (χ3v) is 15.4. The summed E-state index contributed by atoms with van der Waals surface area (Å²) in [5.41, 5.74) is 16.9. The number of benzene rings is 7. The van der Waals surface area contributed by atoms with Crippen LogP contribution in [0.4, 0.5) is 0 Å². The van der Waals surface area contributed by atoms with E-state index >= 15 is 0 Å². The van der Waals surface area contributed by atoms with E-state index in [1.807, 2.05) is 48.8 Å². The summed E-state index contributed by atoms with van der Waals surface area (Å²) in [6.45, 7) is 17.8. The van der Waals surface area contributed by atoms with E-state index in [0.717, 1.165) is 38.6 Å². The van der Waals surface area contributed by atoms with Gasteiger partial charge >= 0.3 is 0 Å². The van der Waals surface area contributed by atoms with Gasteiger partial charge in [0.1, 0.15) is 0 Å². The van der Waals surface area contributed by atoms with Crippen LogP contribution in [0.25, 0.3) is 87.1 Å². The van der Waals surface area contributed by atoms with E-state index in [9.17, 15) is 14.4 Å². The Morgan fingerprint density at radius 1 is 0.461 bits per heavy atom. The molecule has 0 spiro atoms. The van der Waals surface area contributed by atoms with Crippen molar-refractivity contribution in [1.29, 1.82) is 0 Å². The number of pyridine rings is 3. The molecule has 9 nitrogen and oxygen atoms in total. The maximum Gasteiger partial charge on any atom is 0.155 e. The van der Waals surface area contributed by atoms with E-state index in [-0.39, 0.29) is 106 Å². The predicted molar refractivity (Wildman–Crippen MR) is 352 cm³/mol. The van der Waals surface area contributed by atoms with Gasteiger partial charge in [0, 0.05) is 96.6 Å². The summed E-state index contributed by atoms with van der Waals surface area (Å²) in [7, 11) is 0. The van der Waals surface area contributed by atoms with E-state index < -0.39 is 0 Å². The second-order valence-corrected chi connectivity index (χ2v) is 23.0. The van der Waals surface area contributed by atoms with Crippen molar-refractivity contribution in [2.24, 2.45) is 0 Å². The number of para-hydroxylation sites is 1. The van der Waals surface area contributed by atoms with Crippen LogP contribution >= 0.6 is 11.3 Å². The number of aliphatic hydroxyl groups excluding tert-OH is 3. The minimum atomic E-state index is -0.125. The van der Waals surface area contributed by atoms with Gasteiger partial charge in [0.05, 0.1) is 22.8 Å². The number of aliphatic hydroxyl groups is 3. The van der Waals surface area contributed by atoms with E-state index in [1.165, 1.54) is 131 Å². The fraction of sp³-hybridized carbons (Fsp3) is 0.158. The van der Waals surface area contributed by atoms with Gasteiger partial charge in [-0.05, 0) is 119 Å². The van der Waals surface area contributed by atoms with Crippen LogP contribution in [0.15, 0.2) is 230 Å². The number of carbonyl (C=O) groups is 3. The average molecular weight is 1730 g/mol. The van der Waals surface area contributed by atoms with Crippen LogP contribution in [0.2, 0.25) is 0 Å². The largest absolute Gasteiger partial charge is 0.512 e. The standard InChI is InChI=1S/2C24H18N.C13H8NS.3C5H8O2.3Ir/c1-24(2)20-9-5-4-8-18(20)19-13-11-17(15-21(19)24)23-14-12-16-7-3-6-10-22(16)25-23;1-24(2)21-10-6-5-9-19(21)20-12-11-17(15-22(20)24)23-18-8-4-3-7-16(18)13-14-25-23;1-2-7-12-10(5-1)9-13(15-12)11-6-3-4-8-14-11;3*1-4(6)3-5(2)7;;;/h2*3-10,12-15H,1-2H3;1-8H;3*3,6H,1-2H3;;;/q3*-1;;;;;;. The molecule has 0 fully saturated rings. The zero-order valence-corrected chi connectivity index (χ0v) is 59.0. The fourth-order valence-corrected chi connectivity index (χ4v) is 11.5. The molecule has 0 saturated carbocycles. The number of thiophene rings is 1. The van der Waals surface area contributed by atoms with Gasteiger partial charge in [0.15, 0.2) is 17.3 Å². The van der Waals surface area contributed by atoms with Crippen molar-refractivity contribution in [3.05, 3.63) is 270 Å². The van der Waals surface area contributed by atoms with E-state index in [4.69, 9.17) is 20.3 Å². The average Bonchev–Trinajstić information content (AvgIpc) is 1.62. The smallest absolute Gasteiger partial charge is 0.155 e. The molecule has 13 rings (SSSR count). The van der Waals surface area contributed by atoms with Crippen molar-refractivity contribution in [3.63, 3.8) is 0 Å². The molecule has 13 heteroatoms. The van der Waals surface area contributed by atoms with Gasteiger partial charge in [-0.2, -0.15) is 0 Å². The van der Waals surface area contributed by atoms with Gasteiger partial charge in [0.25, 0.3) is 0 Å². The first-order valence-corrected chi connectivity index (χ1v) is 28.9. The molecule has 7 aromatic carbocycles. The van der Waals surface area contributed by atoms with Crippen LogP contribution in [-0.2, 0) is 85.5 Å². The van der Waals surface area contributed by atoms with Gasteiger partial charge in [-0.3, -0.25) is 19.4 Å². The summed E-state index contributed by atoms with van der Waals surface area (Å²) in [5.74, 6) is -0.187. The number of rotatable bonds is 6. The molecule has 0 saturated heterocycles. The first-order valence-electron chi connectivity index (χ1n) is 28.1. The molecule has 0 bridgehead atoms. The molecule has 4 aromatic heterocycles. The molecule has 11 aromatic rings. The maximum atomic E-state index is 10.0. The van der Waals surface area contributed by atoms with Crippen molar-refractivity contribution in [1.82, 2.24) is 15.0 Å². The van der Waals surface area contributed by atoms with Crippen LogP contribution in [0.1, 0.15) is 91.5 Å². The van der Waals surface area contributed by atoms with Gasteiger partial charge < -0.3 is 25.3 Å². The number of hydrogen-bond donors (Lipinski definition) is 3. The topological polar surface area (TPSA) is 151 Å². The summed E-state index contributed by atoms with van der Waals surface area (Å²) >= 11 is 1.73. The summed E-state index contributed by atoms with van der Waals surface area (Å²) in [6, 6.07) is 73.7. The molecule has 89 heavy (non-hydrogen) atoms. The Hall–Kier alpha value is -7.95. The SMILES string of the molecule is CC(=O)C=C(C)O.CC(=O)C=C(C)O.CC(=O)C=C(C)O.CC1(C)c2ccccc2-c2c[c-]c(-c3ccc4ccccc4n3)cc21.CC1(C)c2ccccc2-c2c[c-]c(-c3nccc4ccccc34)cc21.[Ir].[Ir].[Ir].[c-]1c(-c2ccccn2)sc2ccccc12. The Kier molecular flexibility index (Phi) is 26.2. The number of fused-ring (bicyclic) bond motifs is 9. The van der Waals surface area contributed by atoms with Crippen LogP contribution < -0.4 is 0 Å². The van der Waals surface area contributed by atoms with Crippen LogP contribution in [-0.4, -0.2) is 47.6 Å². The second kappa shape index (κ2) is 32.5. The molecular formula is C76H68Ir3N3O6S-3. The summed E-state index contributed by atoms with van der Waals surface area (Å²) in [5, 5.41) is 29.8. The predicted octanol–water partition coefficient (Wildman–Crippen LogP) is 18.9. The van der Waals surface area contributed by atoms with Gasteiger partial charge in [0.2, 0.25) is 0 Å². The first kappa shape index (κ1) is 71.8. The Balaban J connectivity index is 0.000000210. The Bertz CT molecular complexity index is 4260. The minimum absolute atomic E-state index is 0. The number of hydrogen-bond acceptors (Lipinski definition) is 10. The van der Waals surface area contributed by atoms with Crippen molar-refractivity contribution in [2.45, 2.75) is 80.1 Å². The molecule has 3 radical (unpaired) electrons. The summed E-state index contributed by atoms with van der Waals surface area (Å²) < 4.78 is 1.26. The summed E-state index contributed by atoms with van der Waals surface area (Å²) in [6.07, 6.45) is 7.20. The third-order valence-electron chi connectivity index (χ3n) is 14.3. The molecule has 3 N–H and O–H groups in total. The zero-order chi connectivity index (χ0) is 61.7. The molecule has 0 atom stereocenters. The second-order valence-electron chi connectivity index (χ2n) is 21.9. The number of nitrogens with zero attached hydrogens (tertiary/aromatic N) is 3. The number of aromatic nitrogens is 3. The van der Waals surface area contributed by atoms with E-state index in [2.05, 4.69) is 201 Å². The van der Waals surface area contributed by atoms with E-state index in [0.29, 0.717) is 0 Å². The van der Waals surface area contributed by atoms with Crippen molar-refractivity contribution < 1.29 is 90.0 Å². The summed E-state index contributed by atoms with van der Waals surface area (Å²) in [4.78, 5) is 45.0. The molecule has 0 unspecified atom stereocenters. The van der Waals surface area contributed by atoms with Crippen molar-refractivity contribution in [3.8, 4) is 55.3 Å². The minimum Gasteiger partial charge on any atom is -0.512 e. The molecule has 0 amide bonds. The number of ketones is 3. The molecule has 0 aliphatic heterocycles. The Morgan fingerprint density at radius 2 is 0.944 bits per heavy atom. The first-order chi connectivity index (χ1) is 41.1.